The van der Waals surface area contributed by atoms with Crippen molar-refractivity contribution in [3.8, 4) is 0 Å². The molecule has 230 valence electrons. The van der Waals surface area contributed by atoms with Crippen LogP contribution in [-0.2, 0) is 38.6 Å². The molecule has 5 rings (SSSR count). The van der Waals surface area contributed by atoms with Crippen LogP contribution in [-0.4, -0.2) is 60.2 Å². The van der Waals surface area contributed by atoms with Crippen LogP contribution < -0.4 is 0 Å². The number of carbonyl (C=O) groups is 1. The Morgan fingerprint density at radius 1 is 1.07 bits per heavy atom. The molecule has 2 aromatic carbocycles. The maximum atomic E-state index is 15.0. The molecule has 2 aromatic rings. The lowest BCUT2D eigenvalue weighted by atomic mass is 9.63. The molecule has 0 spiro atoms. The first-order chi connectivity index (χ1) is 19.4. The van der Waals surface area contributed by atoms with Crippen LogP contribution in [0.25, 0.3) is 0 Å². The molecule has 0 aromatic heterocycles. The largest absolute Gasteiger partial charge is 0.426 e. The Hall–Kier alpha value is -2.53. The van der Waals surface area contributed by atoms with E-state index >= 15 is 0 Å². The summed E-state index contributed by atoms with van der Waals surface area (Å²) in [6, 6.07) is 8.35. The lowest BCUT2D eigenvalue weighted by Crippen LogP contribution is -2.57. The van der Waals surface area contributed by atoms with Gasteiger partial charge in [-0.2, -0.15) is 13.2 Å². The fourth-order valence-corrected chi connectivity index (χ4v) is 8.63. The number of halogens is 5. The Kier molecular flexibility index (Phi) is 7.57. The molecular weight excluding hydrogens is 577 g/mol. The maximum Gasteiger partial charge on any atom is 0.426 e. The number of fused-ring (bicyclic) bond motifs is 3. The molecule has 42 heavy (non-hydrogen) atoms. The normalized spacial score (nSPS) is 26.4. The van der Waals surface area contributed by atoms with Crippen LogP contribution in [0.2, 0.25) is 0 Å². The van der Waals surface area contributed by atoms with Gasteiger partial charge in [0.1, 0.15) is 11.4 Å². The van der Waals surface area contributed by atoms with Gasteiger partial charge in [-0.15, -0.1) is 0 Å². The van der Waals surface area contributed by atoms with Gasteiger partial charge in [-0.05, 0) is 85.3 Å². The van der Waals surface area contributed by atoms with E-state index in [1.165, 1.54) is 18.2 Å². The van der Waals surface area contributed by atoms with Gasteiger partial charge in [-0.3, -0.25) is 4.79 Å². The summed E-state index contributed by atoms with van der Waals surface area (Å²) in [7, 11) is -3.34. The highest BCUT2D eigenvalue weighted by Crippen LogP contribution is 2.52. The average Bonchev–Trinajstić information content (AvgIpc) is 3.29. The lowest BCUT2D eigenvalue weighted by Gasteiger charge is -2.45. The molecule has 1 aliphatic carbocycles. The summed E-state index contributed by atoms with van der Waals surface area (Å²) in [5, 5.41) is 11.3. The highest BCUT2D eigenvalue weighted by molar-refractivity contribution is 7.91. The fraction of sp³-hybridized carbons (Fsp3) is 0.581. The number of sulfone groups is 1. The smallest absolute Gasteiger partial charge is 0.380 e. The van der Waals surface area contributed by atoms with Gasteiger partial charge >= 0.3 is 6.18 Å². The van der Waals surface area contributed by atoms with Crippen LogP contribution in [0.4, 0.5) is 22.0 Å². The molecule has 3 unspecified atom stereocenters. The maximum absolute atomic E-state index is 15.0. The zero-order chi connectivity index (χ0) is 30.9. The molecule has 5 nitrogen and oxygen atoms in total. The molecule has 3 aliphatic rings. The highest BCUT2D eigenvalue weighted by atomic mass is 32.2. The zero-order valence-corrected chi connectivity index (χ0v) is 24.7. The first-order valence-electron chi connectivity index (χ1n) is 14.3. The second-order valence-electron chi connectivity index (χ2n) is 12.7. The SMILES string of the molecule is CC(C)c1cc(CC23CCN(C(=O)C4(O)CCS(=O)(=O)CC4)C2CCc2cc(C(C)(F)C(F)(F)F)ccc23)ccc1F. The number of likely N-dealkylation sites (tertiary alicyclic amines) is 1. The van der Waals surface area contributed by atoms with Gasteiger partial charge in [-0.1, -0.05) is 44.2 Å². The number of nitrogens with zero attached hydrogens (tertiary/aromatic N) is 1. The van der Waals surface area contributed by atoms with Crippen molar-refractivity contribution in [2.24, 2.45) is 0 Å². The summed E-state index contributed by atoms with van der Waals surface area (Å²) >= 11 is 0. The molecule has 1 amide bonds. The second kappa shape index (κ2) is 10.3. The molecular formula is C31H36F5NO4S. The van der Waals surface area contributed by atoms with E-state index < -0.39 is 50.2 Å². The minimum atomic E-state index is -5.10. The quantitative estimate of drug-likeness (QED) is 0.442. The molecule has 2 heterocycles. The van der Waals surface area contributed by atoms with Crippen molar-refractivity contribution in [2.75, 3.05) is 18.1 Å². The number of hydrogen-bond donors (Lipinski definition) is 1. The molecule has 0 bridgehead atoms. The van der Waals surface area contributed by atoms with Crippen LogP contribution >= 0.6 is 0 Å². The standard InChI is InChI=1S/C31H36F5NO4S/c1-19(2)23-16-20(4-8-25(23)32)18-29-10-13-37(27(38)30(39)11-14-42(40,41)15-12-30)26(29)9-5-21-17-22(6-7-24(21)29)28(3,33)31(34,35)36/h4,6-8,16-17,19,26,39H,5,9-15,18H2,1-3H3. The Balaban J connectivity index is 1.58. The van der Waals surface area contributed by atoms with Crippen molar-refractivity contribution in [1.29, 1.82) is 0 Å². The van der Waals surface area contributed by atoms with Gasteiger partial charge in [-0.25, -0.2) is 17.2 Å². The third-order valence-electron chi connectivity index (χ3n) is 9.73. The van der Waals surface area contributed by atoms with Gasteiger partial charge < -0.3 is 10.0 Å². The minimum absolute atomic E-state index is 0.0949. The zero-order valence-electron chi connectivity index (χ0n) is 23.9. The Bertz CT molecular complexity index is 1490. The average molecular weight is 614 g/mol. The van der Waals surface area contributed by atoms with Gasteiger partial charge in [0.2, 0.25) is 5.67 Å². The Morgan fingerprint density at radius 2 is 1.74 bits per heavy atom. The number of carbonyl (C=O) groups excluding carboxylic acids is 1. The third-order valence-corrected chi connectivity index (χ3v) is 11.4. The monoisotopic (exact) mass is 613 g/mol. The van der Waals surface area contributed by atoms with E-state index in [1.54, 1.807) is 17.0 Å². The molecule has 0 radical (unpaired) electrons. The molecule has 2 aliphatic heterocycles. The number of benzene rings is 2. The summed E-state index contributed by atoms with van der Waals surface area (Å²) in [5.74, 6) is -1.57. The predicted molar refractivity (Wildman–Crippen MR) is 148 cm³/mol. The van der Waals surface area contributed by atoms with Gasteiger partial charge in [0, 0.05) is 18.0 Å². The van der Waals surface area contributed by atoms with E-state index in [1.807, 2.05) is 13.8 Å². The van der Waals surface area contributed by atoms with Crippen molar-refractivity contribution in [3.05, 3.63) is 70.0 Å². The van der Waals surface area contributed by atoms with Gasteiger partial charge in [0.15, 0.2) is 9.84 Å². The van der Waals surface area contributed by atoms with Crippen LogP contribution in [0.3, 0.4) is 0 Å². The van der Waals surface area contributed by atoms with E-state index in [-0.39, 0.29) is 42.6 Å². The number of aliphatic hydroxyl groups is 1. The Labute approximate surface area is 243 Å². The third kappa shape index (κ3) is 5.14. The molecule has 3 atom stereocenters. The fourth-order valence-electron chi connectivity index (χ4n) is 7.13. The lowest BCUT2D eigenvalue weighted by molar-refractivity contribution is -0.228. The minimum Gasteiger partial charge on any atom is -0.380 e. The van der Waals surface area contributed by atoms with E-state index in [2.05, 4.69) is 0 Å². The summed E-state index contributed by atoms with van der Waals surface area (Å²) < 4.78 is 94.2. The van der Waals surface area contributed by atoms with Crippen LogP contribution in [0.5, 0.6) is 0 Å². The Morgan fingerprint density at radius 3 is 2.36 bits per heavy atom. The second-order valence-corrected chi connectivity index (χ2v) is 15.0. The summed E-state index contributed by atoms with van der Waals surface area (Å²) in [6.45, 7) is 4.50. The number of hydrogen-bond acceptors (Lipinski definition) is 4. The molecule has 1 N–H and O–H groups in total. The van der Waals surface area contributed by atoms with Gasteiger partial charge in [0.05, 0.1) is 11.5 Å². The van der Waals surface area contributed by atoms with E-state index in [9.17, 15) is 40.3 Å². The highest BCUT2D eigenvalue weighted by Gasteiger charge is 2.57. The van der Waals surface area contributed by atoms with Crippen LogP contribution in [0, 0.1) is 5.82 Å². The number of aryl methyl sites for hydroxylation is 1. The van der Waals surface area contributed by atoms with E-state index in [4.69, 9.17) is 0 Å². The number of rotatable bonds is 5. The number of amides is 1. The first kappa shape index (κ1) is 30.9. The van der Waals surface area contributed by atoms with Gasteiger partial charge in [0.25, 0.3) is 5.91 Å². The van der Waals surface area contributed by atoms with Crippen LogP contribution in [0.1, 0.15) is 80.2 Å². The molecule has 2 saturated heterocycles. The molecule has 0 saturated carbocycles. The summed E-state index contributed by atoms with van der Waals surface area (Å²) in [5.41, 5.74) is -4.04. The van der Waals surface area contributed by atoms with Crippen molar-refractivity contribution < 1.29 is 40.3 Å². The van der Waals surface area contributed by atoms with Crippen molar-refractivity contribution in [3.63, 3.8) is 0 Å². The van der Waals surface area contributed by atoms with Crippen molar-refractivity contribution in [2.45, 2.75) is 94.1 Å². The topological polar surface area (TPSA) is 74.7 Å². The predicted octanol–water partition coefficient (Wildman–Crippen LogP) is 5.66. The van der Waals surface area contributed by atoms with Crippen LogP contribution in [0.15, 0.2) is 36.4 Å². The van der Waals surface area contributed by atoms with Crippen molar-refractivity contribution >= 4 is 15.7 Å². The van der Waals surface area contributed by atoms with E-state index in [0.717, 1.165) is 11.6 Å². The molecule has 11 heteroatoms. The first-order valence-corrected chi connectivity index (χ1v) is 16.1. The van der Waals surface area contributed by atoms with Crippen molar-refractivity contribution in [1.82, 2.24) is 4.90 Å². The number of alkyl halides is 4. The summed E-state index contributed by atoms with van der Waals surface area (Å²) in [4.78, 5) is 15.4. The molecule has 2 fully saturated rings. The van der Waals surface area contributed by atoms with E-state index in [0.29, 0.717) is 49.3 Å². The summed E-state index contributed by atoms with van der Waals surface area (Å²) in [6.07, 6.45) is -4.07.